The molecule has 1 N–H and O–H groups in total. The topological polar surface area (TPSA) is 49.4 Å². The first kappa shape index (κ1) is 14.3. The Kier molecular flexibility index (Phi) is 3.65. The van der Waals surface area contributed by atoms with Crippen LogP contribution in [0.4, 0.5) is 17.6 Å². The molecule has 0 saturated carbocycles. The van der Waals surface area contributed by atoms with Crippen molar-refractivity contribution in [2.75, 3.05) is 19.6 Å². The van der Waals surface area contributed by atoms with E-state index in [4.69, 9.17) is 0 Å². The Morgan fingerprint density at radius 1 is 1.30 bits per heavy atom. The van der Waals surface area contributed by atoms with Crippen LogP contribution in [0.25, 0.3) is 0 Å². The lowest BCUT2D eigenvalue weighted by Gasteiger charge is -2.26. The van der Waals surface area contributed by atoms with E-state index in [9.17, 15) is 27.2 Å². The van der Waals surface area contributed by atoms with Crippen molar-refractivity contribution in [3.8, 4) is 0 Å². The minimum Gasteiger partial charge on any atom is -0.353 e. The molecule has 1 aliphatic rings. The van der Waals surface area contributed by atoms with E-state index >= 15 is 0 Å². The van der Waals surface area contributed by atoms with E-state index in [0.717, 1.165) is 11.0 Å². The first-order chi connectivity index (χ1) is 9.29. The lowest BCUT2D eigenvalue weighted by Crippen LogP contribution is -2.50. The van der Waals surface area contributed by atoms with Crippen molar-refractivity contribution in [1.82, 2.24) is 10.2 Å². The van der Waals surface area contributed by atoms with Crippen molar-refractivity contribution in [3.63, 3.8) is 0 Å². The largest absolute Gasteiger partial charge is 0.419 e. The molecule has 2 amide bonds. The van der Waals surface area contributed by atoms with Crippen LogP contribution in [0.5, 0.6) is 0 Å². The maximum Gasteiger partial charge on any atom is 0.419 e. The van der Waals surface area contributed by atoms with Crippen LogP contribution in [-0.2, 0) is 11.0 Å². The summed E-state index contributed by atoms with van der Waals surface area (Å²) in [5.74, 6) is -2.56. The number of hydrogen-bond donors (Lipinski definition) is 1. The van der Waals surface area contributed by atoms with Crippen LogP contribution in [0.3, 0.4) is 0 Å². The zero-order chi connectivity index (χ0) is 14.9. The fraction of sp³-hybridized carbons (Fsp3) is 0.333. The van der Waals surface area contributed by atoms with Crippen LogP contribution in [-0.4, -0.2) is 36.3 Å². The summed E-state index contributed by atoms with van der Waals surface area (Å²) >= 11 is 0. The molecule has 2 rings (SSSR count). The van der Waals surface area contributed by atoms with E-state index in [-0.39, 0.29) is 31.1 Å². The highest BCUT2D eigenvalue weighted by Gasteiger charge is 2.35. The molecule has 0 aromatic heterocycles. The van der Waals surface area contributed by atoms with Gasteiger partial charge in [0.2, 0.25) is 5.91 Å². The quantitative estimate of drug-likeness (QED) is 0.795. The fourth-order valence-electron chi connectivity index (χ4n) is 1.87. The number of carbonyl (C=O) groups excluding carboxylic acids is 2. The van der Waals surface area contributed by atoms with E-state index in [2.05, 4.69) is 5.32 Å². The van der Waals surface area contributed by atoms with Gasteiger partial charge in [0, 0.05) is 18.7 Å². The second kappa shape index (κ2) is 5.10. The van der Waals surface area contributed by atoms with Crippen LogP contribution in [0.1, 0.15) is 15.9 Å². The smallest absolute Gasteiger partial charge is 0.353 e. The Hall–Kier alpha value is -2.12. The van der Waals surface area contributed by atoms with Crippen molar-refractivity contribution < 1.29 is 27.2 Å². The number of benzene rings is 1. The molecular formula is C12H10F4N2O2. The van der Waals surface area contributed by atoms with Gasteiger partial charge in [-0.2, -0.15) is 13.2 Å². The van der Waals surface area contributed by atoms with Crippen molar-refractivity contribution in [1.29, 1.82) is 0 Å². The Bertz CT molecular complexity index is 557. The van der Waals surface area contributed by atoms with E-state index in [0.29, 0.717) is 12.1 Å². The number of carbonyl (C=O) groups is 2. The van der Waals surface area contributed by atoms with E-state index in [1.807, 2.05) is 0 Å². The first-order valence-corrected chi connectivity index (χ1v) is 5.72. The summed E-state index contributed by atoms with van der Waals surface area (Å²) in [5.41, 5.74) is -1.79. The molecule has 1 heterocycles. The number of halogens is 4. The van der Waals surface area contributed by atoms with Crippen LogP contribution < -0.4 is 5.32 Å². The highest BCUT2D eigenvalue weighted by molar-refractivity contribution is 5.97. The van der Waals surface area contributed by atoms with Crippen LogP contribution in [0, 0.1) is 5.82 Å². The summed E-state index contributed by atoms with van der Waals surface area (Å²) in [7, 11) is 0. The number of piperazine rings is 1. The van der Waals surface area contributed by atoms with Crippen LogP contribution >= 0.6 is 0 Å². The van der Waals surface area contributed by atoms with Gasteiger partial charge in [0.25, 0.3) is 5.91 Å². The monoisotopic (exact) mass is 290 g/mol. The van der Waals surface area contributed by atoms with E-state index in [1.54, 1.807) is 0 Å². The maximum atomic E-state index is 13.1. The van der Waals surface area contributed by atoms with Crippen molar-refractivity contribution >= 4 is 11.8 Å². The molecule has 8 heteroatoms. The Labute approximate surface area is 111 Å². The molecule has 0 atom stereocenters. The van der Waals surface area contributed by atoms with Gasteiger partial charge in [-0.05, 0) is 18.2 Å². The maximum absolute atomic E-state index is 13.1. The molecule has 0 spiro atoms. The Morgan fingerprint density at radius 3 is 2.60 bits per heavy atom. The van der Waals surface area contributed by atoms with Crippen molar-refractivity contribution in [3.05, 3.63) is 35.1 Å². The minimum absolute atomic E-state index is 0.198. The van der Waals surface area contributed by atoms with Gasteiger partial charge < -0.3 is 10.2 Å². The second-order valence-corrected chi connectivity index (χ2v) is 4.27. The molecule has 20 heavy (non-hydrogen) atoms. The van der Waals surface area contributed by atoms with Gasteiger partial charge in [-0.15, -0.1) is 0 Å². The first-order valence-electron chi connectivity index (χ1n) is 5.72. The number of rotatable bonds is 1. The average molecular weight is 290 g/mol. The summed E-state index contributed by atoms with van der Waals surface area (Å²) in [4.78, 5) is 24.3. The SMILES string of the molecule is O=C1CN(C(=O)c2ccc(F)c(C(F)(F)F)c2)CCN1. The van der Waals surface area contributed by atoms with Crippen molar-refractivity contribution in [2.45, 2.75) is 6.18 Å². The highest BCUT2D eigenvalue weighted by atomic mass is 19.4. The molecular weight excluding hydrogens is 280 g/mol. The van der Waals surface area contributed by atoms with Crippen LogP contribution in [0.2, 0.25) is 0 Å². The Balaban J connectivity index is 2.29. The van der Waals surface area contributed by atoms with Gasteiger partial charge in [0.15, 0.2) is 0 Å². The number of nitrogens with one attached hydrogen (secondary N) is 1. The number of alkyl halides is 3. The van der Waals surface area contributed by atoms with Gasteiger partial charge in [-0.1, -0.05) is 0 Å². The van der Waals surface area contributed by atoms with Gasteiger partial charge in [0.1, 0.15) is 5.82 Å². The van der Waals surface area contributed by atoms with Gasteiger partial charge in [-0.25, -0.2) is 4.39 Å². The summed E-state index contributed by atoms with van der Waals surface area (Å²) in [6, 6.07) is 2.03. The summed E-state index contributed by atoms with van der Waals surface area (Å²) < 4.78 is 50.8. The summed E-state index contributed by atoms with van der Waals surface area (Å²) in [5, 5.41) is 2.49. The molecule has 108 valence electrons. The third kappa shape index (κ3) is 2.89. The highest BCUT2D eigenvalue weighted by Crippen LogP contribution is 2.32. The average Bonchev–Trinajstić information content (AvgIpc) is 2.37. The molecule has 1 aromatic carbocycles. The molecule has 1 aliphatic heterocycles. The van der Waals surface area contributed by atoms with Gasteiger partial charge >= 0.3 is 6.18 Å². The molecule has 1 fully saturated rings. The molecule has 0 unspecified atom stereocenters. The fourth-order valence-corrected chi connectivity index (χ4v) is 1.87. The zero-order valence-corrected chi connectivity index (χ0v) is 10.1. The van der Waals surface area contributed by atoms with E-state index < -0.39 is 23.5 Å². The number of amides is 2. The third-order valence-electron chi connectivity index (χ3n) is 2.84. The second-order valence-electron chi connectivity index (χ2n) is 4.27. The van der Waals surface area contributed by atoms with E-state index in [1.165, 1.54) is 0 Å². The Morgan fingerprint density at radius 2 is 2.00 bits per heavy atom. The molecule has 1 saturated heterocycles. The molecule has 0 aliphatic carbocycles. The molecule has 0 radical (unpaired) electrons. The number of nitrogens with zero attached hydrogens (tertiary/aromatic N) is 1. The standard InChI is InChI=1S/C12H10F4N2O2/c13-9-2-1-7(5-8(9)12(14,15)16)11(20)18-4-3-17-10(19)6-18/h1-2,5H,3-4,6H2,(H,17,19). The summed E-state index contributed by atoms with van der Waals surface area (Å²) in [6.07, 6.45) is -4.88. The predicted molar refractivity (Wildman–Crippen MR) is 60.3 cm³/mol. The third-order valence-corrected chi connectivity index (χ3v) is 2.84. The predicted octanol–water partition coefficient (Wildman–Crippen LogP) is 1.42. The lowest BCUT2D eigenvalue weighted by molar-refractivity contribution is -0.140. The molecule has 1 aromatic rings. The van der Waals surface area contributed by atoms with Gasteiger partial charge in [0.05, 0.1) is 12.1 Å². The van der Waals surface area contributed by atoms with Crippen molar-refractivity contribution in [2.24, 2.45) is 0 Å². The van der Waals surface area contributed by atoms with Gasteiger partial charge in [-0.3, -0.25) is 9.59 Å². The zero-order valence-electron chi connectivity index (χ0n) is 10.1. The summed E-state index contributed by atoms with van der Waals surface area (Å²) in [6.45, 7) is 0.207. The molecule has 4 nitrogen and oxygen atoms in total. The van der Waals surface area contributed by atoms with Crippen LogP contribution in [0.15, 0.2) is 18.2 Å². The minimum atomic E-state index is -4.88. The molecule has 0 bridgehead atoms. The number of hydrogen-bond acceptors (Lipinski definition) is 2. The lowest BCUT2D eigenvalue weighted by atomic mass is 10.1. The normalized spacial score (nSPS) is 16.0.